The van der Waals surface area contributed by atoms with Gasteiger partial charge in [-0.2, -0.15) is 4.98 Å². The second-order valence-corrected chi connectivity index (χ2v) is 4.35. The van der Waals surface area contributed by atoms with Crippen LogP contribution in [0.3, 0.4) is 0 Å². The Bertz CT molecular complexity index is 587. The highest BCUT2D eigenvalue weighted by Gasteiger charge is 2.16. The Morgan fingerprint density at radius 2 is 2.00 bits per heavy atom. The summed E-state index contributed by atoms with van der Waals surface area (Å²) >= 11 is 6.12. The number of rotatable bonds is 4. The fourth-order valence-corrected chi connectivity index (χ4v) is 1.87. The van der Waals surface area contributed by atoms with Crippen molar-refractivity contribution >= 4 is 24.0 Å². The standard InChI is InChI=1S/C12H14ClN3O3.ClH/c1-6(14)12-15-11(16-19-12)7-4-8(13)10(18-3)9(5-7)17-2;/h4-6H,14H2,1-3H3;1H. The summed E-state index contributed by atoms with van der Waals surface area (Å²) in [5.41, 5.74) is 6.33. The average molecular weight is 320 g/mol. The summed E-state index contributed by atoms with van der Waals surface area (Å²) < 4.78 is 15.4. The first kappa shape index (κ1) is 16.6. The number of nitrogens with zero attached hydrogens (tertiary/aromatic N) is 2. The number of hydrogen-bond donors (Lipinski definition) is 1. The van der Waals surface area contributed by atoms with Gasteiger partial charge in [0.2, 0.25) is 11.7 Å². The van der Waals surface area contributed by atoms with Crippen LogP contribution in [-0.2, 0) is 0 Å². The van der Waals surface area contributed by atoms with Gasteiger partial charge in [-0.05, 0) is 19.1 Å². The van der Waals surface area contributed by atoms with E-state index in [1.165, 1.54) is 14.2 Å². The zero-order chi connectivity index (χ0) is 14.0. The molecule has 0 fully saturated rings. The lowest BCUT2D eigenvalue weighted by atomic mass is 10.2. The van der Waals surface area contributed by atoms with E-state index in [1.54, 1.807) is 19.1 Å². The molecule has 0 saturated carbocycles. The number of methoxy groups -OCH3 is 2. The maximum absolute atomic E-state index is 6.12. The fourth-order valence-electron chi connectivity index (χ4n) is 1.58. The smallest absolute Gasteiger partial charge is 0.243 e. The number of hydrogen-bond acceptors (Lipinski definition) is 6. The number of aromatic nitrogens is 2. The molecule has 1 heterocycles. The molecule has 8 heteroatoms. The molecule has 0 amide bonds. The average Bonchev–Trinajstić information content (AvgIpc) is 2.87. The third-order valence-corrected chi connectivity index (χ3v) is 2.80. The van der Waals surface area contributed by atoms with Gasteiger partial charge in [0.05, 0.1) is 25.3 Å². The second-order valence-electron chi connectivity index (χ2n) is 3.94. The molecular formula is C12H15Cl2N3O3. The first-order valence-corrected chi connectivity index (χ1v) is 5.95. The Morgan fingerprint density at radius 1 is 1.30 bits per heavy atom. The van der Waals surface area contributed by atoms with Crippen molar-refractivity contribution < 1.29 is 14.0 Å². The van der Waals surface area contributed by atoms with Crippen LogP contribution < -0.4 is 15.2 Å². The van der Waals surface area contributed by atoms with Gasteiger partial charge in [0, 0.05) is 5.56 Å². The van der Waals surface area contributed by atoms with E-state index in [0.29, 0.717) is 33.8 Å². The molecule has 1 unspecified atom stereocenters. The van der Waals surface area contributed by atoms with Crippen molar-refractivity contribution in [3.05, 3.63) is 23.0 Å². The quantitative estimate of drug-likeness (QED) is 0.932. The lowest BCUT2D eigenvalue weighted by molar-refractivity contribution is 0.355. The van der Waals surface area contributed by atoms with Crippen LogP contribution >= 0.6 is 24.0 Å². The van der Waals surface area contributed by atoms with E-state index in [0.717, 1.165) is 0 Å². The molecule has 0 saturated heterocycles. The van der Waals surface area contributed by atoms with Crippen LogP contribution in [0.2, 0.25) is 5.02 Å². The second kappa shape index (κ2) is 6.78. The predicted molar refractivity (Wildman–Crippen MR) is 77.7 cm³/mol. The molecule has 0 aliphatic carbocycles. The number of ether oxygens (including phenoxy) is 2. The van der Waals surface area contributed by atoms with Crippen LogP contribution in [0, 0.1) is 0 Å². The maximum atomic E-state index is 6.12. The highest BCUT2D eigenvalue weighted by molar-refractivity contribution is 6.32. The number of halogens is 2. The van der Waals surface area contributed by atoms with Gasteiger partial charge in [0.25, 0.3) is 0 Å². The minimum atomic E-state index is -0.322. The van der Waals surface area contributed by atoms with E-state index >= 15 is 0 Å². The van der Waals surface area contributed by atoms with Gasteiger partial charge in [-0.15, -0.1) is 12.4 Å². The van der Waals surface area contributed by atoms with Crippen LogP contribution in [0.5, 0.6) is 11.5 Å². The van der Waals surface area contributed by atoms with E-state index in [1.807, 2.05) is 0 Å². The molecule has 1 aromatic carbocycles. The Hall–Kier alpha value is -1.50. The van der Waals surface area contributed by atoms with Crippen LogP contribution in [0.1, 0.15) is 18.9 Å². The molecule has 0 bridgehead atoms. The molecule has 20 heavy (non-hydrogen) atoms. The zero-order valence-corrected chi connectivity index (χ0v) is 12.8. The third-order valence-electron chi connectivity index (χ3n) is 2.52. The van der Waals surface area contributed by atoms with Gasteiger partial charge in [0.1, 0.15) is 0 Å². The third kappa shape index (κ3) is 3.15. The van der Waals surface area contributed by atoms with Gasteiger partial charge >= 0.3 is 0 Å². The molecule has 2 N–H and O–H groups in total. The van der Waals surface area contributed by atoms with Gasteiger partial charge in [-0.25, -0.2) is 0 Å². The van der Waals surface area contributed by atoms with Crippen molar-refractivity contribution in [1.82, 2.24) is 10.1 Å². The molecule has 1 aromatic heterocycles. The Balaban J connectivity index is 0.00000200. The molecule has 0 spiro atoms. The summed E-state index contributed by atoms with van der Waals surface area (Å²) in [4.78, 5) is 4.19. The van der Waals surface area contributed by atoms with Crippen LogP contribution in [-0.4, -0.2) is 24.4 Å². The van der Waals surface area contributed by atoms with Gasteiger partial charge < -0.3 is 19.7 Å². The summed E-state index contributed by atoms with van der Waals surface area (Å²) in [5.74, 6) is 1.72. The summed E-state index contributed by atoms with van der Waals surface area (Å²) in [6.07, 6.45) is 0. The van der Waals surface area contributed by atoms with Crippen molar-refractivity contribution in [3.63, 3.8) is 0 Å². The molecule has 0 radical (unpaired) electrons. The summed E-state index contributed by atoms with van der Waals surface area (Å²) in [6, 6.07) is 3.08. The van der Waals surface area contributed by atoms with Crippen LogP contribution in [0.4, 0.5) is 0 Å². The van der Waals surface area contributed by atoms with Crippen molar-refractivity contribution in [2.75, 3.05) is 14.2 Å². The van der Waals surface area contributed by atoms with E-state index < -0.39 is 0 Å². The summed E-state index contributed by atoms with van der Waals surface area (Å²) in [6.45, 7) is 1.76. The molecule has 0 aliphatic heterocycles. The molecule has 0 aliphatic rings. The van der Waals surface area contributed by atoms with Gasteiger partial charge in [-0.3, -0.25) is 0 Å². The Morgan fingerprint density at radius 3 is 2.50 bits per heavy atom. The highest BCUT2D eigenvalue weighted by Crippen LogP contribution is 2.38. The van der Waals surface area contributed by atoms with Crippen molar-refractivity contribution in [3.8, 4) is 22.9 Å². The number of nitrogens with two attached hydrogens (primary N) is 1. The predicted octanol–water partition coefficient (Wildman–Crippen LogP) is 2.85. The van der Waals surface area contributed by atoms with Crippen molar-refractivity contribution in [1.29, 1.82) is 0 Å². The zero-order valence-electron chi connectivity index (χ0n) is 11.2. The fraction of sp³-hybridized carbons (Fsp3) is 0.333. The lowest BCUT2D eigenvalue weighted by Gasteiger charge is -2.10. The normalized spacial score (nSPS) is 11.7. The largest absolute Gasteiger partial charge is 0.493 e. The minimum absolute atomic E-state index is 0. The van der Waals surface area contributed by atoms with E-state index in [4.69, 9.17) is 31.3 Å². The first-order valence-electron chi connectivity index (χ1n) is 5.58. The molecule has 6 nitrogen and oxygen atoms in total. The molecule has 2 rings (SSSR count). The number of benzene rings is 1. The van der Waals surface area contributed by atoms with Gasteiger partial charge in [-0.1, -0.05) is 16.8 Å². The van der Waals surface area contributed by atoms with Crippen LogP contribution in [0.15, 0.2) is 16.7 Å². The summed E-state index contributed by atoms with van der Waals surface area (Å²) in [5, 5.41) is 4.27. The molecular weight excluding hydrogens is 305 g/mol. The maximum Gasteiger partial charge on any atom is 0.243 e. The van der Waals surface area contributed by atoms with Crippen LogP contribution in [0.25, 0.3) is 11.4 Å². The molecule has 2 aromatic rings. The Kier molecular flexibility index (Phi) is 5.62. The topological polar surface area (TPSA) is 83.4 Å². The SMILES string of the molecule is COc1cc(-c2noc(C(C)N)n2)cc(Cl)c1OC.Cl. The lowest BCUT2D eigenvalue weighted by Crippen LogP contribution is -2.04. The van der Waals surface area contributed by atoms with Crippen molar-refractivity contribution in [2.45, 2.75) is 13.0 Å². The van der Waals surface area contributed by atoms with E-state index in [9.17, 15) is 0 Å². The minimum Gasteiger partial charge on any atom is -0.493 e. The summed E-state index contributed by atoms with van der Waals surface area (Å²) in [7, 11) is 3.05. The first-order chi connectivity index (χ1) is 9.06. The monoisotopic (exact) mass is 319 g/mol. The van der Waals surface area contributed by atoms with E-state index in [-0.39, 0.29) is 18.4 Å². The van der Waals surface area contributed by atoms with E-state index in [2.05, 4.69) is 10.1 Å². The van der Waals surface area contributed by atoms with Crippen molar-refractivity contribution in [2.24, 2.45) is 5.73 Å². The highest BCUT2D eigenvalue weighted by atomic mass is 35.5. The Labute approximate surface area is 127 Å². The van der Waals surface area contributed by atoms with Gasteiger partial charge in [0.15, 0.2) is 11.5 Å². The molecule has 1 atom stereocenters. The molecule has 110 valence electrons.